The smallest absolute Gasteiger partial charge is 0.0933 e. The molecular formula is C29H25N3. The standard InChI is InChI=1S/C29H25N3/c1-28(2)25-21-12-8-7-10-19(21)15-22(23-16-18-9-5-6-11-20(18)17-32-23)24(25)26-27(29(28,3)4)31-14-13-30-26/h5-17H,1-4H3. The molecule has 32 heavy (non-hydrogen) atoms. The molecule has 6 rings (SSSR count). The van der Waals surface area contributed by atoms with E-state index in [0.717, 1.165) is 28.0 Å². The van der Waals surface area contributed by atoms with Gasteiger partial charge in [-0.3, -0.25) is 15.0 Å². The molecule has 0 saturated heterocycles. The number of fused-ring (bicyclic) bond motifs is 6. The average Bonchev–Trinajstić information content (AvgIpc) is 2.81. The van der Waals surface area contributed by atoms with E-state index in [2.05, 4.69) is 88.4 Å². The minimum Gasteiger partial charge on any atom is -0.257 e. The first-order valence-electron chi connectivity index (χ1n) is 11.1. The van der Waals surface area contributed by atoms with Crippen molar-refractivity contribution in [2.45, 2.75) is 38.5 Å². The Bertz CT molecular complexity index is 1530. The Kier molecular flexibility index (Phi) is 3.86. The number of hydrogen-bond donors (Lipinski definition) is 0. The summed E-state index contributed by atoms with van der Waals surface area (Å²) in [6.45, 7) is 9.26. The van der Waals surface area contributed by atoms with Crippen LogP contribution in [-0.4, -0.2) is 15.0 Å². The van der Waals surface area contributed by atoms with Crippen LogP contribution in [0, 0.1) is 0 Å². The lowest BCUT2D eigenvalue weighted by Gasteiger charge is -2.47. The van der Waals surface area contributed by atoms with Gasteiger partial charge in [0.15, 0.2) is 0 Å². The van der Waals surface area contributed by atoms with Gasteiger partial charge in [0.2, 0.25) is 0 Å². The van der Waals surface area contributed by atoms with Crippen LogP contribution >= 0.6 is 0 Å². The lowest BCUT2D eigenvalue weighted by Crippen LogP contribution is -2.44. The summed E-state index contributed by atoms with van der Waals surface area (Å²) >= 11 is 0. The summed E-state index contributed by atoms with van der Waals surface area (Å²) in [4.78, 5) is 14.6. The van der Waals surface area contributed by atoms with Crippen molar-refractivity contribution in [1.29, 1.82) is 0 Å². The van der Waals surface area contributed by atoms with Crippen LogP contribution in [-0.2, 0) is 10.8 Å². The SMILES string of the molecule is CC1(C)c2nccnc2-c2c(-c3cc4ccccc4cn3)cc3ccccc3c2C1(C)C. The number of rotatable bonds is 1. The molecule has 3 nitrogen and oxygen atoms in total. The Morgan fingerprint density at radius 2 is 1.34 bits per heavy atom. The van der Waals surface area contributed by atoms with Crippen LogP contribution in [0.2, 0.25) is 0 Å². The first-order chi connectivity index (χ1) is 15.4. The van der Waals surface area contributed by atoms with E-state index in [1.807, 2.05) is 18.6 Å². The van der Waals surface area contributed by atoms with Crippen molar-refractivity contribution in [3.8, 4) is 22.5 Å². The van der Waals surface area contributed by atoms with Gasteiger partial charge in [-0.15, -0.1) is 0 Å². The van der Waals surface area contributed by atoms with Crippen molar-refractivity contribution in [2.24, 2.45) is 0 Å². The zero-order chi connectivity index (χ0) is 22.1. The third-order valence-corrected chi connectivity index (χ3v) is 7.67. The molecule has 0 unspecified atom stereocenters. The van der Waals surface area contributed by atoms with Gasteiger partial charge in [-0.25, -0.2) is 0 Å². The van der Waals surface area contributed by atoms with Crippen molar-refractivity contribution in [3.63, 3.8) is 0 Å². The predicted octanol–water partition coefficient (Wildman–Crippen LogP) is 7.08. The normalized spacial score (nSPS) is 16.0. The van der Waals surface area contributed by atoms with Gasteiger partial charge in [0.1, 0.15) is 0 Å². The second kappa shape index (κ2) is 6.46. The first-order valence-corrected chi connectivity index (χ1v) is 11.1. The van der Waals surface area contributed by atoms with E-state index in [4.69, 9.17) is 15.0 Å². The van der Waals surface area contributed by atoms with E-state index >= 15 is 0 Å². The highest BCUT2D eigenvalue weighted by Gasteiger charge is 2.49. The molecule has 3 heteroatoms. The summed E-state index contributed by atoms with van der Waals surface area (Å²) < 4.78 is 0. The van der Waals surface area contributed by atoms with E-state index in [0.29, 0.717) is 0 Å². The van der Waals surface area contributed by atoms with Crippen LogP contribution in [0.15, 0.2) is 79.3 Å². The number of hydrogen-bond acceptors (Lipinski definition) is 3. The van der Waals surface area contributed by atoms with Gasteiger partial charge in [0.25, 0.3) is 0 Å². The van der Waals surface area contributed by atoms with Crippen LogP contribution in [0.3, 0.4) is 0 Å². The molecule has 1 aliphatic rings. The van der Waals surface area contributed by atoms with Gasteiger partial charge in [0.05, 0.1) is 17.1 Å². The minimum atomic E-state index is -0.179. The van der Waals surface area contributed by atoms with Crippen LogP contribution in [0.25, 0.3) is 44.1 Å². The Morgan fingerprint density at radius 3 is 2.16 bits per heavy atom. The third kappa shape index (κ3) is 2.45. The molecule has 0 aliphatic heterocycles. The van der Waals surface area contributed by atoms with Gasteiger partial charge in [-0.1, -0.05) is 76.2 Å². The summed E-state index contributed by atoms with van der Waals surface area (Å²) in [6, 6.07) is 21.5. The molecule has 0 radical (unpaired) electrons. The van der Waals surface area contributed by atoms with Crippen molar-refractivity contribution < 1.29 is 0 Å². The molecule has 0 spiro atoms. The van der Waals surface area contributed by atoms with Crippen molar-refractivity contribution in [3.05, 3.63) is 90.5 Å². The summed E-state index contributed by atoms with van der Waals surface area (Å²) in [6.07, 6.45) is 5.60. The second-order valence-electron chi connectivity index (χ2n) is 9.82. The van der Waals surface area contributed by atoms with Gasteiger partial charge >= 0.3 is 0 Å². The molecule has 156 valence electrons. The van der Waals surface area contributed by atoms with Gasteiger partial charge < -0.3 is 0 Å². The van der Waals surface area contributed by atoms with Gasteiger partial charge in [-0.2, -0.15) is 0 Å². The monoisotopic (exact) mass is 415 g/mol. The third-order valence-electron chi connectivity index (χ3n) is 7.67. The molecule has 3 aromatic carbocycles. The molecule has 0 N–H and O–H groups in total. The lowest BCUT2D eigenvalue weighted by atomic mass is 9.56. The number of benzene rings is 3. The van der Waals surface area contributed by atoms with Crippen molar-refractivity contribution in [1.82, 2.24) is 15.0 Å². The quantitative estimate of drug-likeness (QED) is 0.294. The Balaban J connectivity index is 1.80. The summed E-state index contributed by atoms with van der Waals surface area (Å²) in [5, 5.41) is 4.84. The van der Waals surface area contributed by atoms with E-state index in [-0.39, 0.29) is 10.8 Å². The number of nitrogens with zero attached hydrogens (tertiary/aromatic N) is 3. The Hall–Kier alpha value is -3.59. The summed E-state index contributed by atoms with van der Waals surface area (Å²) in [5.41, 5.74) is 6.28. The van der Waals surface area contributed by atoms with E-state index in [9.17, 15) is 0 Å². The zero-order valence-corrected chi connectivity index (χ0v) is 18.8. The summed E-state index contributed by atoms with van der Waals surface area (Å²) in [5.74, 6) is 0. The topological polar surface area (TPSA) is 38.7 Å². The van der Waals surface area contributed by atoms with Crippen molar-refractivity contribution in [2.75, 3.05) is 0 Å². The highest BCUT2D eigenvalue weighted by Crippen LogP contribution is 2.56. The maximum absolute atomic E-state index is 4.90. The largest absolute Gasteiger partial charge is 0.257 e. The fourth-order valence-electron chi connectivity index (χ4n) is 5.26. The van der Waals surface area contributed by atoms with E-state index in [1.54, 1.807) is 0 Å². The molecule has 0 amide bonds. The van der Waals surface area contributed by atoms with Gasteiger partial charge in [0, 0.05) is 45.9 Å². The molecule has 0 bridgehead atoms. The fourth-order valence-corrected chi connectivity index (χ4v) is 5.26. The molecule has 5 aromatic rings. The fraction of sp³-hybridized carbons (Fsp3) is 0.207. The summed E-state index contributed by atoms with van der Waals surface area (Å²) in [7, 11) is 0. The second-order valence-corrected chi connectivity index (χ2v) is 9.82. The highest BCUT2D eigenvalue weighted by molar-refractivity contribution is 6.02. The number of aromatic nitrogens is 3. The van der Waals surface area contributed by atoms with Crippen LogP contribution in [0.4, 0.5) is 0 Å². The highest BCUT2D eigenvalue weighted by atomic mass is 14.8. The molecule has 0 fully saturated rings. The van der Waals surface area contributed by atoms with E-state index in [1.165, 1.54) is 27.3 Å². The molecule has 2 heterocycles. The predicted molar refractivity (Wildman–Crippen MR) is 132 cm³/mol. The molecule has 1 aliphatic carbocycles. The van der Waals surface area contributed by atoms with Crippen LogP contribution < -0.4 is 0 Å². The first kappa shape index (κ1) is 19.1. The van der Waals surface area contributed by atoms with Crippen molar-refractivity contribution >= 4 is 21.5 Å². The molecule has 0 atom stereocenters. The Morgan fingerprint density at radius 1 is 0.656 bits per heavy atom. The van der Waals surface area contributed by atoms with Crippen LogP contribution in [0.5, 0.6) is 0 Å². The molecular weight excluding hydrogens is 390 g/mol. The van der Waals surface area contributed by atoms with E-state index < -0.39 is 0 Å². The van der Waals surface area contributed by atoms with Gasteiger partial charge in [-0.05, 0) is 33.9 Å². The lowest BCUT2D eigenvalue weighted by molar-refractivity contribution is 0.292. The maximum Gasteiger partial charge on any atom is 0.0933 e. The molecule has 2 aromatic heterocycles. The zero-order valence-electron chi connectivity index (χ0n) is 18.8. The number of pyridine rings is 1. The average molecular weight is 416 g/mol. The van der Waals surface area contributed by atoms with Crippen LogP contribution in [0.1, 0.15) is 39.0 Å². The molecule has 0 saturated carbocycles. The Labute approximate surface area is 188 Å². The maximum atomic E-state index is 4.90. The minimum absolute atomic E-state index is 0.155.